The molecule has 0 aliphatic rings. The third-order valence-corrected chi connectivity index (χ3v) is 5.66. The minimum absolute atomic E-state index is 0.154. The predicted molar refractivity (Wildman–Crippen MR) is 108 cm³/mol. The largest absolute Gasteiger partial charge is 0.435 e. The molecule has 0 spiro atoms. The molecule has 0 atom stereocenters. The van der Waals surface area contributed by atoms with E-state index < -0.39 is 21.9 Å². The first-order valence-electron chi connectivity index (χ1n) is 8.95. The summed E-state index contributed by atoms with van der Waals surface area (Å²) in [5, 5.41) is 15.6. The number of nitrogens with two attached hydrogens (primary N) is 1. The summed E-state index contributed by atoms with van der Waals surface area (Å²) >= 11 is 0. The van der Waals surface area contributed by atoms with E-state index in [1.165, 1.54) is 24.3 Å². The third-order valence-electron chi connectivity index (χ3n) is 4.73. The van der Waals surface area contributed by atoms with E-state index in [1.54, 1.807) is 31.3 Å². The highest BCUT2D eigenvalue weighted by atomic mass is 32.2. The van der Waals surface area contributed by atoms with Crippen LogP contribution < -0.4 is 5.14 Å². The van der Waals surface area contributed by atoms with Crippen molar-refractivity contribution in [2.24, 2.45) is 5.14 Å². The molecule has 2 heterocycles. The van der Waals surface area contributed by atoms with Gasteiger partial charge in [-0.05, 0) is 55.0 Å². The summed E-state index contributed by atoms with van der Waals surface area (Å²) in [5.41, 5.74) is 2.11. The zero-order valence-corrected chi connectivity index (χ0v) is 16.9. The summed E-state index contributed by atoms with van der Waals surface area (Å²) in [6.07, 6.45) is -3.08. The SMILES string of the molecule is Cc1ccc(-c2ccn[nH]2)cc1-c1cc(C(F)(F)F)nn1-c1ccc(S(N)(=O)=O)cc1. The van der Waals surface area contributed by atoms with E-state index in [4.69, 9.17) is 5.14 Å². The summed E-state index contributed by atoms with van der Waals surface area (Å²) < 4.78 is 64.5. The number of primary sulfonamides is 1. The normalized spacial score (nSPS) is 12.3. The van der Waals surface area contributed by atoms with Gasteiger partial charge in [-0.2, -0.15) is 23.4 Å². The van der Waals surface area contributed by atoms with Gasteiger partial charge in [0, 0.05) is 17.3 Å². The van der Waals surface area contributed by atoms with Gasteiger partial charge in [0.05, 0.1) is 22.0 Å². The fourth-order valence-electron chi connectivity index (χ4n) is 3.17. The summed E-state index contributed by atoms with van der Waals surface area (Å²) in [5.74, 6) is 0. The number of sulfonamides is 1. The van der Waals surface area contributed by atoms with E-state index in [2.05, 4.69) is 15.3 Å². The molecular formula is C20H16F3N5O2S. The van der Waals surface area contributed by atoms with Crippen LogP contribution in [0.5, 0.6) is 0 Å². The molecule has 4 aromatic rings. The Hall–Kier alpha value is -3.44. The van der Waals surface area contributed by atoms with Gasteiger partial charge in [0.25, 0.3) is 0 Å². The monoisotopic (exact) mass is 447 g/mol. The van der Waals surface area contributed by atoms with Crippen molar-refractivity contribution in [1.29, 1.82) is 0 Å². The highest BCUT2D eigenvalue weighted by Crippen LogP contribution is 2.35. The van der Waals surface area contributed by atoms with Crippen molar-refractivity contribution in [2.45, 2.75) is 18.0 Å². The lowest BCUT2D eigenvalue weighted by Crippen LogP contribution is -2.12. The zero-order chi connectivity index (χ0) is 22.4. The Morgan fingerprint density at radius 3 is 2.32 bits per heavy atom. The lowest BCUT2D eigenvalue weighted by molar-refractivity contribution is -0.141. The molecule has 31 heavy (non-hydrogen) atoms. The number of halogens is 3. The van der Waals surface area contributed by atoms with Crippen molar-refractivity contribution in [3.63, 3.8) is 0 Å². The van der Waals surface area contributed by atoms with Gasteiger partial charge in [-0.25, -0.2) is 18.2 Å². The van der Waals surface area contributed by atoms with Crippen LogP contribution in [0.15, 0.2) is 65.7 Å². The smallest absolute Gasteiger partial charge is 0.278 e. The summed E-state index contributed by atoms with van der Waals surface area (Å²) in [6.45, 7) is 1.78. The fraction of sp³-hybridized carbons (Fsp3) is 0.100. The van der Waals surface area contributed by atoms with Crippen molar-refractivity contribution in [3.8, 4) is 28.2 Å². The van der Waals surface area contributed by atoms with E-state index in [1.807, 2.05) is 6.07 Å². The lowest BCUT2D eigenvalue weighted by atomic mass is 10.0. The van der Waals surface area contributed by atoms with Crippen LogP contribution in [0, 0.1) is 6.92 Å². The summed E-state index contributed by atoms with van der Waals surface area (Å²) in [4.78, 5) is -0.154. The molecule has 0 unspecified atom stereocenters. The molecule has 0 saturated carbocycles. The number of aryl methyl sites for hydroxylation is 1. The van der Waals surface area contributed by atoms with Crippen LogP contribution in [-0.4, -0.2) is 28.4 Å². The number of H-pyrrole nitrogens is 1. The van der Waals surface area contributed by atoms with E-state index in [0.29, 0.717) is 11.3 Å². The summed E-state index contributed by atoms with van der Waals surface area (Å²) in [7, 11) is -3.94. The van der Waals surface area contributed by atoms with Crippen molar-refractivity contribution < 1.29 is 21.6 Å². The second-order valence-electron chi connectivity index (χ2n) is 6.86. The minimum atomic E-state index is -4.66. The fourth-order valence-corrected chi connectivity index (χ4v) is 3.68. The highest BCUT2D eigenvalue weighted by Gasteiger charge is 2.35. The first-order valence-corrected chi connectivity index (χ1v) is 10.5. The molecule has 7 nitrogen and oxygen atoms in total. The molecule has 160 valence electrons. The maximum Gasteiger partial charge on any atom is 0.435 e. The Bertz CT molecular complexity index is 1340. The number of alkyl halides is 3. The predicted octanol–water partition coefficient (Wildman–Crippen LogP) is 3.90. The number of aromatic nitrogens is 4. The van der Waals surface area contributed by atoms with E-state index in [0.717, 1.165) is 21.9 Å². The highest BCUT2D eigenvalue weighted by molar-refractivity contribution is 7.89. The van der Waals surface area contributed by atoms with Gasteiger partial charge in [-0.15, -0.1) is 0 Å². The molecule has 0 radical (unpaired) electrons. The van der Waals surface area contributed by atoms with Gasteiger partial charge < -0.3 is 0 Å². The first-order chi connectivity index (χ1) is 14.5. The van der Waals surface area contributed by atoms with Gasteiger partial charge in [0.15, 0.2) is 5.69 Å². The number of nitrogens with zero attached hydrogens (tertiary/aromatic N) is 3. The number of hydrogen-bond donors (Lipinski definition) is 2. The first kappa shape index (κ1) is 20.8. The van der Waals surface area contributed by atoms with Crippen LogP contribution in [0.4, 0.5) is 13.2 Å². The zero-order valence-electron chi connectivity index (χ0n) is 16.1. The molecule has 3 N–H and O–H groups in total. The molecule has 0 amide bonds. The topological polar surface area (TPSA) is 107 Å². The number of benzene rings is 2. The van der Waals surface area contributed by atoms with Gasteiger partial charge in [-0.3, -0.25) is 5.10 Å². The van der Waals surface area contributed by atoms with Crippen molar-refractivity contribution in [2.75, 3.05) is 0 Å². The van der Waals surface area contributed by atoms with Gasteiger partial charge in [0.1, 0.15) is 0 Å². The van der Waals surface area contributed by atoms with Crippen molar-refractivity contribution >= 4 is 10.0 Å². The van der Waals surface area contributed by atoms with Crippen molar-refractivity contribution in [3.05, 3.63) is 72.1 Å². The van der Waals surface area contributed by atoms with Crippen LogP contribution >= 0.6 is 0 Å². The molecule has 0 aliphatic heterocycles. The molecule has 2 aromatic heterocycles. The van der Waals surface area contributed by atoms with Gasteiger partial charge >= 0.3 is 6.18 Å². The second kappa shape index (κ2) is 7.36. The Labute approximate surface area is 175 Å². The average molecular weight is 447 g/mol. The number of hydrogen-bond acceptors (Lipinski definition) is 4. The lowest BCUT2D eigenvalue weighted by Gasteiger charge is -2.12. The number of aromatic amines is 1. The van der Waals surface area contributed by atoms with Crippen molar-refractivity contribution in [1.82, 2.24) is 20.0 Å². The standard InChI is InChI=1S/C20H16F3N5O2S/c1-12-2-3-13(17-8-9-25-26-17)10-16(12)18-11-19(20(21,22)23)27-28(18)14-4-6-15(7-5-14)31(24,29)30/h2-11H,1H3,(H,25,26)(H2,24,29,30). The molecule has 2 aromatic carbocycles. The number of rotatable bonds is 4. The Balaban J connectivity index is 1.91. The van der Waals surface area contributed by atoms with Gasteiger partial charge in [-0.1, -0.05) is 12.1 Å². The molecule has 0 fully saturated rings. The molecule has 11 heteroatoms. The molecular weight excluding hydrogens is 431 g/mol. The van der Waals surface area contributed by atoms with Crippen LogP contribution in [-0.2, 0) is 16.2 Å². The summed E-state index contributed by atoms with van der Waals surface area (Å²) in [6, 6.07) is 13.2. The van der Waals surface area contributed by atoms with Gasteiger partial charge in [0.2, 0.25) is 10.0 Å². The van der Waals surface area contributed by atoms with Crippen LogP contribution in [0.1, 0.15) is 11.3 Å². The Morgan fingerprint density at radius 1 is 1.03 bits per heavy atom. The number of nitrogens with one attached hydrogen (secondary N) is 1. The molecule has 4 rings (SSSR count). The van der Waals surface area contributed by atoms with Crippen LogP contribution in [0.2, 0.25) is 0 Å². The molecule has 0 aliphatic carbocycles. The van der Waals surface area contributed by atoms with E-state index in [9.17, 15) is 21.6 Å². The Morgan fingerprint density at radius 2 is 1.74 bits per heavy atom. The second-order valence-corrected chi connectivity index (χ2v) is 8.42. The third kappa shape index (κ3) is 4.09. The molecule has 0 bridgehead atoms. The maximum atomic E-state index is 13.5. The molecule has 0 saturated heterocycles. The average Bonchev–Trinajstić information content (AvgIpc) is 3.38. The van der Waals surface area contributed by atoms with Crippen LogP contribution in [0.25, 0.3) is 28.2 Å². The van der Waals surface area contributed by atoms with Crippen LogP contribution in [0.3, 0.4) is 0 Å². The quantitative estimate of drug-likeness (QED) is 0.495. The minimum Gasteiger partial charge on any atom is -0.278 e. The van der Waals surface area contributed by atoms with E-state index in [-0.39, 0.29) is 16.3 Å². The van der Waals surface area contributed by atoms with E-state index >= 15 is 0 Å². The maximum absolute atomic E-state index is 13.5. The Kier molecular flexibility index (Phi) is 4.94.